The Kier molecular flexibility index (Phi) is 5.80. The maximum atomic E-state index is 12.5. The number of benzene rings is 1. The number of rotatable bonds is 6. The summed E-state index contributed by atoms with van der Waals surface area (Å²) < 4.78 is 5.04. The first-order valence-electron chi connectivity index (χ1n) is 8.42. The van der Waals surface area contributed by atoms with E-state index in [1.807, 2.05) is 0 Å². The second-order valence-corrected chi connectivity index (χ2v) is 7.10. The molecule has 27 heavy (non-hydrogen) atoms. The zero-order valence-electron chi connectivity index (χ0n) is 14.4. The van der Waals surface area contributed by atoms with E-state index in [1.165, 1.54) is 0 Å². The largest absolute Gasteiger partial charge is 0.482 e. The van der Waals surface area contributed by atoms with Gasteiger partial charge in [0.05, 0.1) is 4.91 Å². The van der Waals surface area contributed by atoms with Crippen LogP contribution in [0.5, 0.6) is 5.75 Å². The molecule has 0 saturated carbocycles. The number of hydrogen-bond donors (Lipinski definition) is 1. The van der Waals surface area contributed by atoms with E-state index in [1.54, 1.807) is 35.2 Å². The minimum absolute atomic E-state index is 0.212. The summed E-state index contributed by atoms with van der Waals surface area (Å²) in [6.45, 7) is 0.662. The van der Waals surface area contributed by atoms with Gasteiger partial charge in [0.2, 0.25) is 5.91 Å². The first kappa shape index (κ1) is 19.0. The van der Waals surface area contributed by atoms with Gasteiger partial charge in [0.1, 0.15) is 12.3 Å². The molecule has 0 atom stereocenters. The maximum absolute atomic E-state index is 12.5. The third kappa shape index (κ3) is 4.68. The molecule has 0 bridgehead atoms. The number of carbonyl (C=O) groups is 4. The lowest BCUT2D eigenvalue weighted by molar-refractivity contribution is -0.139. The van der Waals surface area contributed by atoms with E-state index in [2.05, 4.69) is 0 Å². The summed E-state index contributed by atoms with van der Waals surface area (Å²) in [7, 11) is 0. The predicted octanol–water partition coefficient (Wildman–Crippen LogP) is 1.81. The molecule has 0 radical (unpaired) electrons. The van der Waals surface area contributed by atoms with Crippen LogP contribution in [0.25, 0.3) is 6.08 Å². The van der Waals surface area contributed by atoms with E-state index in [4.69, 9.17) is 9.84 Å². The summed E-state index contributed by atoms with van der Waals surface area (Å²) in [5, 5.41) is 8.13. The van der Waals surface area contributed by atoms with Crippen LogP contribution in [-0.4, -0.2) is 64.2 Å². The highest BCUT2D eigenvalue weighted by molar-refractivity contribution is 8.18. The Morgan fingerprint density at radius 2 is 1.81 bits per heavy atom. The van der Waals surface area contributed by atoms with Crippen molar-refractivity contribution in [2.75, 3.05) is 26.2 Å². The monoisotopic (exact) mass is 390 g/mol. The lowest BCUT2D eigenvalue weighted by atomic mass is 10.2. The Morgan fingerprint density at radius 3 is 2.44 bits per heavy atom. The molecule has 2 aliphatic heterocycles. The van der Waals surface area contributed by atoms with Gasteiger partial charge in [0.15, 0.2) is 6.61 Å². The Balaban J connectivity index is 1.64. The highest BCUT2D eigenvalue weighted by Crippen LogP contribution is 2.32. The molecule has 1 N–H and O–H groups in total. The molecule has 0 spiro atoms. The highest BCUT2D eigenvalue weighted by atomic mass is 32.2. The number of carbonyl (C=O) groups excluding carboxylic acids is 3. The van der Waals surface area contributed by atoms with Crippen molar-refractivity contribution >= 4 is 40.9 Å². The molecule has 0 unspecified atom stereocenters. The van der Waals surface area contributed by atoms with Gasteiger partial charge in [-0.25, -0.2) is 4.79 Å². The molecule has 9 heteroatoms. The van der Waals surface area contributed by atoms with Gasteiger partial charge in [-0.1, -0.05) is 12.1 Å². The SMILES string of the molecule is O=C(O)COc1ccc(/C=C2/SC(=O)N(CC(=O)N3CCCC3)C2=O)cc1. The van der Waals surface area contributed by atoms with Crippen molar-refractivity contribution in [3.63, 3.8) is 0 Å². The normalized spacial score (nSPS) is 18.4. The zero-order chi connectivity index (χ0) is 19.4. The second-order valence-electron chi connectivity index (χ2n) is 6.11. The third-order valence-electron chi connectivity index (χ3n) is 4.17. The number of ether oxygens (including phenoxy) is 1. The van der Waals surface area contributed by atoms with E-state index < -0.39 is 23.7 Å². The summed E-state index contributed by atoms with van der Waals surface area (Å²) in [4.78, 5) is 50.2. The molecule has 0 aliphatic carbocycles. The lowest BCUT2D eigenvalue weighted by Gasteiger charge is -2.18. The minimum atomic E-state index is -1.07. The fourth-order valence-corrected chi connectivity index (χ4v) is 3.63. The predicted molar refractivity (Wildman–Crippen MR) is 98.1 cm³/mol. The van der Waals surface area contributed by atoms with Gasteiger partial charge >= 0.3 is 5.97 Å². The Labute approximate surface area is 159 Å². The maximum Gasteiger partial charge on any atom is 0.341 e. The van der Waals surface area contributed by atoms with Crippen molar-refractivity contribution in [3.05, 3.63) is 34.7 Å². The Hall–Kier alpha value is -2.81. The van der Waals surface area contributed by atoms with Crippen LogP contribution in [0, 0.1) is 0 Å². The number of nitrogens with zero attached hydrogens (tertiary/aromatic N) is 2. The molecule has 3 amide bonds. The standard InChI is InChI=1S/C18H18N2O6S/c21-15(19-7-1-2-8-19)10-20-17(24)14(27-18(20)25)9-12-3-5-13(6-4-12)26-11-16(22)23/h3-6,9H,1-2,7-8,10-11H2,(H,22,23)/b14-9+. The van der Waals surface area contributed by atoms with Crippen LogP contribution < -0.4 is 4.74 Å². The number of hydrogen-bond acceptors (Lipinski definition) is 6. The summed E-state index contributed by atoms with van der Waals surface area (Å²) in [6, 6.07) is 6.47. The topological polar surface area (TPSA) is 104 Å². The summed E-state index contributed by atoms with van der Waals surface area (Å²) in [5.74, 6) is -1.38. The van der Waals surface area contributed by atoms with Crippen LogP contribution in [0.15, 0.2) is 29.2 Å². The number of carboxylic acid groups (broad SMARTS) is 1. The minimum Gasteiger partial charge on any atom is -0.482 e. The van der Waals surface area contributed by atoms with E-state index in [-0.39, 0.29) is 17.4 Å². The van der Waals surface area contributed by atoms with Gasteiger partial charge in [0.25, 0.3) is 11.1 Å². The second kappa shape index (κ2) is 8.26. The van der Waals surface area contributed by atoms with Crippen LogP contribution in [0.1, 0.15) is 18.4 Å². The Morgan fingerprint density at radius 1 is 1.15 bits per heavy atom. The molecule has 8 nitrogen and oxygen atoms in total. The van der Waals surface area contributed by atoms with Crippen LogP contribution in [0.2, 0.25) is 0 Å². The molecular formula is C18H18N2O6S. The number of thioether (sulfide) groups is 1. The lowest BCUT2D eigenvalue weighted by Crippen LogP contribution is -2.40. The van der Waals surface area contributed by atoms with E-state index in [0.717, 1.165) is 29.5 Å². The van der Waals surface area contributed by atoms with Gasteiger partial charge < -0.3 is 14.7 Å². The van der Waals surface area contributed by atoms with Gasteiger partial charge in [-0.2, -0.15) is 0 Å². The smallest absolute Gasteiger partial charge is 0.341 e. The van der Waals surface area contributed by atoms with Crippen LogP contribution in [0.3, 0.4) is 0 Å². The molecule has 0 aromatic heterocycles. The average molecular weight is 390 g/mol. The number of aliphatic carboxylic acids is 1. The molecule has 1 aromatic rings. The summed E-state index contributed by atoms with van der Waals surface area (Å²) >= 11 is 0.798. The molecule has 2 saturated heterocycles. The number of carboxylic acids is 1. The quantitative estimate of drug-likeness (QED) is 0.739. The van der Waals surface area contributed by atoms with E-state index in [0.29, 0.717) is 24.4 Å². The fraction of sp³-hybridized carbons (Fsp3) is 0.333. The van der Waals surface area contributed by atoms with Gasteiger partial charge in [-0.15, -0.1) is 0 Å². The molecule has 142 valence electrons. The number of amides is 3. The molecule has 3 rings (SSSR count). The van der Waals surface area contributed by atoms with E-state index >= 15 is 0 Å². The average Bonchev–Trinajstić information content (AvgIpc) is 3.26. The van der Waals surface area contributed by atoms with Crippen molar-refractivity contribution in [2.24, 2.45) is 0 Å². The number of likely N-dealkylation sites (tertiary alicyclic amines) is 1. The molecule has 2 fully saturated rings. The molecule has 1 aromatic carbocycles. The van der Waals surface area contributed by atoms with Gasteiger partial charge in [0, 0.05) is 13.1 Å². The summed E-state index contributed by atoms with van der Waals surface area (Å²) in [5.41, 5.74) is 0.661. The van der Waals surface area contributed by atoms with Crippen molar-refractivity contribution in [3.8, 4) is 5.75 Å². The van der Waals surface area contributed by atoms with E-state index in [9.17, 15) is 19.2 Å². The number of imide groups is 1. The van der Waals surface area contributed by atoms with Gasteiger partial charge in [-0.05, 0) is 48.4 Å². The van der Waals surface area contributed by atoms with Crippen molar-refractivity contribution in [1.29, 1.82) is 0 Å². The van der Waals surface area contributed by atoms with Crippen LogP contribution in [-0.2, 0) is 14.4 Å². The van der Waals surface area contributed by atoms with Crippen LogP contribution in [0.4, 0.5) is 4.79 Å². The molecular weight excluding hydrogens is 372 g/mol. The molecule has 2 heterocycles. The fourth-order valence-electron chi connectivity index (χ4n) is 2.79. The third-order valence-corrected chi connectivity index (χ3v) is 5.07. The summed E-state index contributed by atoms with van der Waals surface area (Å²) in [6.07, 6.45) is 3.45. The van der Waals surface area contributed by atoms with Crippen LogP contribution >= 0.6 is 11.8 Å². The first-order valence-corrected chi connectivity index (χ1v) is 9.23. The first-order chi connectivity index (χ1) is 12.9. The highest BCUT2D eigenvalue weighted by Gasteiger charge is 2.37. The van der Waals surface area contributed by atoms with Crippen molar-refractivity contribution < 1.29 is 29.0 Å². The Bertz CT molecular complexity index is 799. The molecule has 2 aliphatic rings. The van der Waals surface area contributed by atoms with Crippen molar-refractivity contribution in [1.82, 2.24) is 9.80 Å². The van der Waals surface area contributed by atoms with Gasteiger partial charge in [-0.3, -0.25) is 19.3 Å². The van der Waals surface area contributed by atoms with Crippen molar-refractivity contribution in [2.45, 2.75) is 12.8 Å². The zero-order valence-corrected chi connectivity index (χ0v) is 15.2.